The molecule has 0 fully saturated rings. The Kier molecular flexibility index (Phi) is 6.41. The van der Waals surface area contributed by atoms with Crippen molar-refractivity contribution in [1.82, 2.24) is 0 Å². The molecule has 0 N–H and O–H groups in total. The molecule has 0 saturated carbocycles. The summed E-state index contributed by atoms with van der Waals surface area (Å²) in [5.41, 5.74) is 4.84. The number of benzene rings is 2. The van der Waals surface area contributed by atoms with Crippen LogP contribution < -0.4 is 9.47 Å². The van der Waals surface area contributed by atoms with Gasteiger partial charge in [-0.1, -0.05) is 54.6 Å². The van der Waals surface area contributed by atoms with Crippen LogP contribution in [0.1, 0.15) is 22.6 Å². The maximum atomic E-state index is 5.76. The molecular formula is C28H27O4+. The Morgan fingerprint density at radius 2 is 1.47 bits per heavy atom. The fourth-order valence-electron chi connectivity index (χ4n) is 4.13. The Labute approximate surface area is 189 Å². The van der Waals surface area contributed by atoms with Crippen LogP contribution in [-0.4, -0.2) is 34.2 Å². The normalized spacial score (nSPS) is 18.1. The third kappa shape index (κ3) is 3.92. The van der Waals surface area contributed by atoms with Crippen LogP contribution in [0.2, 0.25) is 0 Å². The average Bonchev–Trinajstić information content (AvgIpc) is 3.39. The van der Waals surface area contributed by atoms with E-state index in [-0.39, 0.29) is 0 Å². The molecule has 2 aromatic carbocycles. The second-order valence-corrected chi connectivity index (χ2v) is 7.37. The molecule has 0 spiro atoms. The summed E-state index contributed by atoms with van der Waals surface area (Å²) in [6, 6.07) is 14.4. The maximum absolute atomic E-state index is 5.76. The number of hydrogen-bond donors (Lipinski definition) is 0. The van der Waals surface area contributed by atoms with Crippen molar-refractivity contribution in [2.45, 2.75) is 5.92 Å². The summed E-state index contributed by atoms with van der Waals surface area (Å²) in [5.74, 6) is 3.13. The molecule has 0 radical (unpaired) electrons. The molecule has 2 aliphatic rings. The first-order chi connectivity index (χ1) is 15.7. The van der Waals surface area contributed by atoms with Crippen molar-refractivity contribution in [2.24, 2.45) is 0 Å². The molecule has 32 heavy (non-hydrogen) atoms. The van der Waals surface area contributed by atoms with Gasteiger partial charge in [0.1, 0.15) is 22.8 Å². The van der Waals surface area contributed by atoms with Gasteiger partial charge in [0.15, 0.2) is 0 Å². The van der Waals surface area contributed by atoms with E-state index in [1.54, 1.807) is 28.4 Å². The van der Waals surface area contributed by atoms with Crippen LogP contribution in [0.15, 0.2) is 96.3 Å². The van der Waals surface area contributed by atoms with Gasteiger partial charge in [0.05, 0.1) is 26.9 Å². The monoisotopic (exact) mass is 427 g/mol. The van der Waals surface area contributed by atoms with E-state index in [0.29, 0.717) is 29.0 Å². The van der Waals surface area contributed by atoms with Crippen LogP contribution >= 0.6 is 0 Å². The smallest absolute Gasteiger partial charge is 0.354 e. The Morgan fingerprint density at radius 1 is 0.812 bits per heavy atom. The van der Waals surface area contributed by atoms with Gasteiger partial charge in [0.25, 0.3) is 7.11 Å². The molecule has 4 rings (SSSR count). The summed E-state index contributed by atoms with van der Waals surface area (Å²) >= 11 is 0. The number of allylic oxidation sites excluding steroid dienone is 8. The molecule has 0 heterocycles. The van der Waals surface area contributed by atoms with Gasteiger partial charge in [-0.05, 0) is 35.4 Å². The standard InChI is InChI=1S/C28H27O4/c1-29-22-11-7-12-23(30-2)27(22)26(28-24(31-3)13-8-14-25(28)32-4)21-17-15-20(16-18-21)19-9-5-6-10-19/h5-19H,1-4H3/q+1. The molecule has 0 aliphatic heterocycles. The minimum absolute atomic E-state index is 0.300. The van der Waals surface area contributed by atoms with Crippen molar-refractivity contribution in [3.05, 3.63) is 113 Å². The molecule has 0 unspecified atom stereocenters. The van der Waals surface area contributed by atoms with Crippen LogP contribution in [-0.2, 0) is 9.16 Å². The Balaban J connectivity index is 2.01. The van der Waals surface area contributed by atoms with E-state index in [1.165, 1.54) is 5.56 Å². The minimum atomic E-state index is 0.300. The highest BCUT2D eigenvalue weighted by Crippen LogP contribution is 2.42. The van der Waals surface area contributed by atoms with Gasteiger partial charge in [-0.25, -0.2) is 0 Å². The van der Waals surface area contributed by atoms with Crippen molar-refractivity contribution in [2.75, 3.05) is 28.4 Å². The third-order valence-electron chi connectivity index (χ3n) is 5.69. The first-order valence-electron chi connectivity index (χ1n) is 10.5. The average molecular weight is 428 g/mol. The lowest BCUT2D eigenvalue weighted by Gasteiger charge is -2.20. The number of ether oxygens (including phenoxy) is 3. The topological polar surface area (TPSA) is 39.0 Å². The summed E-state index contributed by atoms with van der Waals surface area (Å²) in [7, 11) is 6.66. The fourth-order valence-corrected chi connectivity index (χ4v) is 4.13. The van der Waals surface area contributed by atoms with Gasteiger partial charge in [-0.2, -0.15) is 0 Å². The molecule has 0 aromatic heterocycles. The molecule has 162 valence electrons. The van der Waals surface area contributed by atoms with Crippen LogP contribution in [0.5, 0.6) is 11.5 Å². The second-order valence-electron chi connectivity index (χ2n) is 7.37. The molecule has 2 aliphatic carbocycles. The molecule has 0 atom stereocenters. The zero-order valence-electron chi connectivity index (χ0n) is 18.8. The molecule has 2 aromatic rings. The van der Waals surface area contributed by atoms with Gasteiger partial charge in [-0.3, -0.25) is 4.42 Å². The van der Waals surface area contributed by atoms with Crippen molar-refractivity contribution in [3.8, 4) is 11.5 Å². The van der Waals surface area contributed by atoms with E-state index in [2.05, 4.69) is 48.6 Å². The lowest BCUT2D eigenvalue weighted by Crippen LogP contribution is -2.13. The van der Waals surface area contributed by atoms with E-state index in [9.17, 15) is 0 Å². The fraction of sp³-hybridized carbons (Fsp3) is 0.179. The van der Waals surface area contributed by atoms with Gasteiger partial charge in [0, 0.05) is 17.6 Å². The zero-order valence-corrected chi connectivity index (χ0v) is 18.8. The summed E-state index contributed by atoms with van der Waals surface area (Å²) in [4.78, 5) is 0. The maximum Gasteiger partial charge on any atom is 0.354 e. The van der Waals surface area contributed by atoms with Gasteiger partial charge in [-0.15, -0.1) is 0 Å². The van der Waals surface area contributed by atoms with Crippen LogP contribution in [0.4, 0.5) is 0 Å². The van der Waals surface area contributed by atoms with Crippen molar-refractivity contribution < 1.29 is 18.6 Å². The lowest BCUT2D eigenvalue weighted by atomic mass is 9.86. The Morgan fingerprint density at radius 3 is 2.03 bits per heavy atom. The van der Waals surface area contributed by atoms with Gasteiger partial charge >= 0.3 is 5.78 Å². The van der Waals surface area contributed by atoms with E-state index in [4.69, 9.17) is 18.6 Å². The Bertz CT molecular complexity index is 1140. The number of rotatable bonds is 6. The first-order valence-corrected chi connectivity index (χ1v) is 10.5. The number of carbonyl (C=O) groups excluding carboxylic acids is 1. The minimum Gasteiger partial charge on any atom is -0.496 e. The highest BCUT2D eigenvalue weighted by Gasteiger charge is 2.31. The predicted octanol–water partition coefficient (Wildman–Crippen LogP) is 5.55. The third-order valence-corrected chi connectivity index (χ3v) is 5.69. The quantitative estimate of drug-likeness (QED) is 0.448. The van der Waals surface area contributed by atoms with E-state index < -0.39 is 0 Å². The van der Waals surface area contributed by atoms with Crippen LogP contribution in [0, 0.1) is 0 Å². The van der Waals surface area contributed by atoms with Crippen LogP contribution in [0.3, 0.4) is 0 Å². The van der Waals surface area contributed by atoms with Crippen molar-refractivity contribution in [3.63, 3.8) is 0 Å². The van der Waals surface area contributed by atoms with Crippen molar-refractivity contribution in [1.29, 1.82) is 0 Å². The molecule has 0 bridgehead atoms. The lowest BCUT2D eigenvalue weighted by molar-refractivity contribution is -0.418. The van der Waals surface area contributed by atoms with Gasteiger partial charge in [0.2, 0.25) is 0 Å². The summed E-state index contributed by atoms with van der Waals surface area (Å²) in [6.45, 7) is 0. The van der Waals surface area contributed by atoms with E-state index >= 15 is 0 Å². The van der Waals surface area contributed by atoms with E-state index in [0.717, 1.165) is 22.3 Å². The molecule has 4 nitrogen and oxygen atoms in total. The molecular weight excluding hydrogens is 400 g/mol. The van der Waals surface area contributed by atoms with Crippen molar-refractivity contribution >= 4 is 11.4 Å². The number of hydrogen-bond acceptors (Lipinski definition) is 3. The molecule has 0 amide bonds. The summed E-state index contributed by atoms with van der Waals surface area (Å²) in [5, 5.41) is 0. The zero-order chi connectivity index (χ0) is 22.5. The van der Waals surface area contributed by atoms with Crippen LogP contribution in [0.25, 0.3) is 5.57 Å². The number of ketones is 1. The summed E-state index contributed by atoms with van der Waals surface area (Å²) in [6.07, 6.45) is 14.3. The Hall–Kier alpha value is -3.79. The first kappa shape index (κ1) is 21.4. The molecule has 0 saturated heterocycles. The molecule has 4 heteroatoms. The van der Waals surface area contributed by atoms with E-state index in [1.807, 2.05) is 36.4 Å². The van der Waals surface area contributed by atoms with Gasteiger partial charge < -0.3 is 14.2 Å². The summed E-state index contributed by atoms with van der Waals surface area (Å²) < 4.78 is 23.1. The predicted molar refractivity (Wildman–Crippen MR) is 128 cm³/mol. The highest BCUT2D eigenvalue weighted by molar-refractivity contribution is 6.16. The SMILES string of the molecule is COC1=CC=CC(=[O+]C)C1=C(c1ccc(C2C=CC=C2)cc1)c1c(OC)cccc1OC. The number of methoxy groups -OCH3 is 3. The largest absolute Gasteiger partial charge is 0.496 e. The highest BCUT2D eigenvalue weighted by atomic mass is 16.5. The second kappa shape index (κ2) is 9.56.